The summed E-state index contributed by atoms with van der Waals surface area (Å²) in [5.74, 6) is -0.859. The number of aliphatic carboxylic acids is 1. The standard InChI is InChI=1S/C16H18N4O3S/c21-15(13-9-19(18-17-13)8-11-4-2-6-24-11)20-7-10-3-1-5-12(10)14(20)16(22)23/h2,4,6,9-10,12,14H,1,3,5,7-8H2,(H,22,23). The molecule has 1 N–H and O–H groups in total. The molecule has 1 saturated heterocycles. The van der Waals surface area contributed by atoms with Crippen LogP contribution in [0, 0.1) is 11.8 Å². The highest BCUT2D eigenvalue weighted by molar-refractivity contribution is 7.09. The molecular formula is C16H18N4O3S. The number of carbonyl (C=O) groups is 2. The van der Waals surface area contributed by atoms with E-state index in [0.717, 1.165) is 24.1 Å². The van der Waals surface area contributed by atoms with Gasteiger partial charge >= 0.3 is 5.97 Å². The van der Waals surface area contributed by atoms with Crippen LogP contribution in [-0.4, -0.2) is 49.5 Å². The first kappa shape index (κ1) is 15.3. The average molecular weight is 346 g/mol. The van der Waals surface area contributed by atoms with E-state index in [4.69, 9.17) is 0 Å². The maximum Gasteiger partial charge on any atom is 0.326 e. The molecule has 126 valence electrons. The Balaban J connectivity index is 1.53. The first-order valence-electron chi connectivity index (χ1n) is 8.10. The largest absolute Gasteiger partial charge is 0.480 e. The number of aromatic nitrogens is 3. The van der Waals surface area contributed by atoms with E-state index in [9.17, 15) is 14.7 Å². The number of carboxylic acids is 1. The number of amides is 1. The summed E-state index contributed by atoms with van der Waals surface area (Å²) < 4.78 is 1.62. The first-order chi connectivity index (χ1) is 11.6. The van der Waals surface area contributed by atoms with E-state index in [-0.39, 0.29) is 17.5 Å². The third-order valence-electron chi connectivity index (χ3n) is 5.06. The highest BCUT2D eigenvalue weighted by Gasteiger charge is 2.50. The monoisotopic (exact) mass is 346 g/mol. The highest BCUT2D eigenvalue weighted by Crippen LogP contribution is 2.42. The SMILES string of the molecule is O=C(O)C1C2CCCC2CN1C(=O)c1cn(Cc2cccs2)nn1. The zero-order valence-electron chi connectivity index (χ0n) is 13.0. The van der Waals surface area contributed by atoms with E-state index in [1.807, 2.05) is 17.5 Å². The second-order valence-electron chi connectivity index (χ2n) is 6.48. The van der Waals surface area contributed by atoms with Crippen molar-refractivity contribution in [2.45, 2.75) is 31.8 Å². The molecule has 24 heavy (non-hydrogen) atoms. The van der Waals surface area contributed by atoms with Crippen LogP contribution in [0.4, 0.5) is 0 Å². The number of likely N-dealkylation sites (tertiary alicyclic amines) is 1. The molecule has 2 aromatic heterocycles. The second kappa shape index (κ2) is 6.01. The van der Waals surface area contributed by atoms with Gasteiger partial charge in [0.2, 0.25) is 0 Å². The molecule has 0 radical (unpaired) electrons. The van der Waals surface area contributed by atoms with Gasteiger partial charge in [-0.15, -0.1) is 16.4 Å². The molecule has 0 aromatic carbocycles. The molecule has 1 amide bonds. The Morgan fingerprint density at radius 3 is 3.00 bits per heavy atom. The van der Waals surface area contributed by atoms with Crippen molar-refractivity contribution in [2.24, 2.45) is 11.8 Å². The number of nitrogens with zero attached hydrogens (tertiary/aromatic N) is 4. The van der Waals surface area contributed by atoms with Crippen molar-refractivity contribution in [3.05, 3.63) is 34.3 Å². The smallest absolute Gasteiger partial charge is 0.326 e. The van der Waals surface area contributed by atoms with Gasteiger partial charge in [-0.25, -0.2) is 9.48 Å². The molecule has 3 atom stereocenters. The van der Waals surface area contributed by atoms with Gasteiger partial charge < -0.3 is 10.0 Å². The van der Waals surface area contributed by atoms with Gasteiger partial charge in [0, 0.05) is 11.4 Å². The van der Waals surface area contributed by atoms with Crippen LogP contribution < -0.4 is 0 Å². The summed E-state index contributed by atoms with van der Waals surface area (Å²) in [5, 5.41) is 19.5. The maximum absolute atomic E-state index is 12.8. The van der Waals surface area contributed by atoms with E-state index in [1.54, 1.807) is 22.2 Å². The number of carboxylic acid groups (broad SMARTS) is 1. The Bertz CT molecular complexity index is 757. The molecule has 1 aliphatic heterocycles. The Kier molecular flexibility index (Phi) is 3.84. The van der Waals surface area contributed by atoms with Crippen LogP contribution in [0.1, 0.15) is 34.6 Å². The average Bonchev–Trinajstić information content (AvgIpc) is 3.30. The normalized spacial score (nSPS) is 25.8. The third kappa shape index (κ3) is 2.60. The molecule has 0 bridgehead atoms. The molecule has 0 spiro atoms. The van der Waals surface area contributed by atoms with Crippen molar-refractivity contribution in [1.82, 2.24) is 19.9 Å². The summed E-state index contributed by atoms with van der Waals surface area (Å²) in [6.45, 7) is 1.07. The van der Waals surface area contributed by atoms with Crippen molar-refractivity contribution < 1.29 is 14.7 Å². The van der Waals surface area contributed by atoms with Gasteiger partial charge in [0.05, 0.1) is 12.7 Å². The molecule has 1 saturated carbocycles. The fraction of sp³-hybridized carbons (Fsp3) is 0.500. The minimum Gasteiger partial charge on any atom is -0.480 e. The lowest BCUT2D eigenvalue weighted by Crippen LogP contribution is -2.43. The molecule has 7 nitrogen and oxygen atoms in total. The van der Waals surface area contributed by atoms with Crippen LogP contribution in [0.3, 0.4) is 0 Å². The van der Waals surface area contributed by atoms with Gasteiger partial charge in [0.25, 0.3) is 5.91 Å². The first-order valence-corrected chi connectivity index (χ1v) is 8.98. The fourth-order valence-electron chi connectivity index (χ4n) is 4.01. The number of carbonyl (C=O) groups excluding carboxylic acids is 1. The molecule has 1 aliphatic carbocycles. The van der Waals surface area contributed by atoms with Gasteiger partial charge in [-0.05, 0) is 36.1 Å². The summed E-state index contributed by atoms with van der Waals surface area (Å²) in [7, 11) is 0. The van der Waals surface area contributed by atoms with E-state index < -0.39 is 12.0 Å². The summed E-state index contributed by atoms with van der Waals surface area (Å²) in [5.41, 5.74) is 0.220. The minimum atomic E-state index is -0.913. The topological polar surface area (TPSA) is 88.3 Å². The van der Waals surface area contributed by atoms with E-state index in [2.05, 4.69) is 10.3 Å². The van der Waals surface area contributed by atoms with Crippen LogP contribution in [0.2, 0.25) is 0 Å². The molecular weight excluding hydrogens is 328 g/mol. The highest BCUT2D eigenvalue weighted by atomic mass is 32.1. The molecule has 2 aromatic rings. The molecule has 8 heteroatoms. The molecule has 2 aliphatic rings. The third-order valence-corrected chi connectivity index (χ3v) is 5.92. The zero-order chi connectivity index (χ0) is 16.7. The molecule has 3 heterocycles. The van der Waals surface area contributed by atoms with Gasteiger partial charge in [0.1, 0.15) is 6.04 Å². The lowest BCUT2D eigenvalue weighted by molar-refractivity contribution is -0.142. The molecule has 3 unspecified atom stereocenters. The Morgan fingerprint density at radius 1 is 1.38 bits per heavy atom. The minimum absolute atomic E-state index is 0.0765. The van der Waals surface area contributed by atoms with Crippen molar-refractivity contribution in [1.29, 1.82) is 0 Å². The van der Waals surface area contributed by atoms with Crippen LogP contribution in [0.5, 0.6) is 0 Å². The summed E-state index contributed by atoms with van der Waals surface area (Å²) in [4.78, 5) is 27.0. The lowest BCUT2D eigenvalue weighted by Gasteiger charge is -2.23. The summed E-state index contributed by atoms with van der Waals surface area (Å²) in [6, 6.07) is 3.23. The quantitative estimate of drug-likeness (QED) is 0.910. The lowest BCUT2D eigenvalue weighted by atomic mass is 9.94. The Hall–Kier alpha value is -2.22. The van der Waals surface area contributed by atoms with Crippen LogP contribution >= 0.6 is 11.3 Å². The van der Waals surface area contributed by atoms with Crippen LogP contribution in [-0.2, 0) is 11.3 Å². The van der Waals surface area contributed by atoms with E-state index in [0.29, 0.717) is 19.0 Å². The second-order valence-corrected chi connectivity index (χ2v) is 7.51. The van der Waals surface area contributed by atoms with Crippen molar-refractivity contribution >= 4 is 23.2 Å². The maximum atomic E-state index is 12.8. The van der Waals surface area contributed by atoms with Gasteiger partial charge in [-0.2, -0.15) is 0 Å². The predicted molar refractivity (Wildman–Crippen MR) is 86.7 cm³/mol. The molecule has 4 rings (SSSR count). The van der Waals surface area contributed by atoms with Gasteiger partial charge in [-0.3, -0.25) is 4.79 Å². The van der Waals surface area contributed by atoms with Crippen molar-refractivity contribution in [3.63, 3.8) is 0 Å². The number of fused-ring (bicyclic) bond motifs is 1. The number of hydrogen-bond acceptors (Lipinski definition) is 5. The predicted octanol–water partition coefficient (Wildman–Crippen LogP) is 1.71. The zero-order valence-corrected chi connectivity index (χ0v) is 13.9. The number of hydrogen-bond donors (Lipinski definition) is 1. The van der Waals surface area contributed by atoms with Gasteiger partial charge in [-0.1, -0.05) is 17.7 Å². The van der Waals surface area contributed by atoms with E-state index in [1.165, 1.54) is 4.90 Å². The number of rotatable bonds is 4. The fourth-order valence-corrected chi connectivity index (χ4v) is 4.71. The Labute approximate surface area is 142 Å². The summed E-state index contributed by atoms with van der Waals surface area (Å²) in [6.07, 6.45) is 4.55. The Morgan fingerprint density at radius 2 is 2.25 bits per heavy atom. The van der Waals surface area contributed by atoms with Crippen LogP contribution in [0.15, 0.2) is 23.7 Å². The number of thiophene rings is 1. The van der Waals surface area contributed by atoms with Crippen LogP contribution in [0.25, 0.3) is 0 Å². The van der Waals surface area contributed by atoms with Crippen molar-refractivity contribution in [3.8, 4) is 0 Å². The van der Waals surface area contributed by atoms with Crippen molar-refractivity contribution in [2.75, 3.05) is 6.54 Å². The summed E-state index contributed by atoms with van der Waals surface area (Å²) >= 11 is 1.61. The molecule has 2 fully saturated rings. The van der Waals surface area contributed by atoms with Gasteiger partial charge in [0.15, 0.2) is 5.69 Å². The van der Waals surface area contributed by atoms with E-state index >= 15 is 0 Å².